The van der Waals surface area contributed by atoms with Crippen LogP contribution >= 0.6 is 0 Å². The van der Waals surface area contributed by atoms with Gasteiger partial charge in [0.25, 0.3) is 5.91 Å². The molecule has 2 aromatic carbocycles. The van der Waals surface area contributed by atoms with Crippen LogP contribution in [0.1, 0.15) is 42.7 Å². The largest absolute Gasteiger partial charge is 0.491 e. The molecule has 2 rings (SSSR count). The number of rotatable bonds is 6. The third kappa shape index (κ3) is 5.32. The zero-order valence-electron chi connectivity index (χ0n) is 14.8. The Morgan fingerprint density at radius 1 is 0.960 bits per heavy atom. The summed E-state index contributed by atoms with van der Waals surface area (Å²) in [6.45, 7) is 5.73. The van der Waals surface area contributed by atoms with Crippen molar-refractivity contribution in [1.29, 1.82) is 0 Å². The lowest BCUT2D eigenvalue weighted by molar-refractivity contribution is 0.0940. The lowest BCUT2D eigenvalue weighted by Crippen LogP contribution is -2.26. The van der Waals surface area contributed by atoms with Crippen LogP contribution in [0.4, 0.5) is 0 Å². The number of nitrogens with one attached hydrogen (secondary N) is 1. The Morgan fingerprint density at radius 3 is 2.00 bits per heavy atom. The molecule has 0 spiro atoms. The summed E-state index contributed by atoms with van der Waals surface area (Å²) in [4.78, 5) is 12.6. The molecule has 1 unspecified atom stereocenters. The van der Waals surface area contributed by atoms with Crippen molar-refractivity contribution in [2.45, 2.75) is 37.8 Å². The van der Waals surface area contributed by atoms with E-state index in [1.807, 2.05) is 20.8 Å². The van der Waals surface area contributed by atoms with Gasteiger partial charge in [0.15, 0.2) is 9.84 Å². The van der Waals surface area contributed by atoms with Crippen molar-refractivity contribution in [2.24, 2.45) is 0 Å². The Balaban J connectivity index is 2.04. The van der Waals surface area contributed by atoms with Crippen molar-refractivity contribution < 1.29 is 17.9 Å². The molecular weight excluding hydrogens is 338 g/mol. The monoisotopic (exact) mass is 361 g/mol. The number of carbonyl (C=O) groups is 1. The number of ether oxygens (including phenoxy) is 1. The topological polar surface area (TPSA) is 72.5 Å². The van der Waals surface area contributed by atoms with E-state index in [0.717, 1.165) is 11.3 Å². The molecule has 0 aliphatic carbocycles. The Labute approximate surface area is 148 Å². The number of amides is 1. The summed E-state index contributed by atoms with van der Waals surface area (Å²) >= 11 is 0. The van der Waals surface area contributed by atoms with Crippen molar-refractivity contribution in [3.63, 3.8) is 0 Å². The average molecular weight is 361 g/mol. The highest BCUT2D eigenvalue weighted by atomic mass is 32.2. The maximum Gasteiger partial charge on any atom is 0.251 e. The molecule has 0 saturated carbocycles. The Kier molecular flexibility index (Phi) is 5.85. The summed E-state index contributed by atoms with van der Waals surface area (Å²) in [5.74, 6) is 0.520. The van der Waals surface area contributed by atoms with Gasteiger partial charge in [-0.3, -0.25) is 4.79 Å². The second-order valence-electron chi connectivity index (χ2n) is 6.23. The summed E-state index contributed by atoms with van der Waals surface area (Å²) in [6, 6.07) is 13.2. The Hall–Kier alpha value is -2.34. The van der Waals surface area contributed by atoms with Crippen LogP contribution < -0.4 is 10.1 Å². The molecule has 0 saturated heterocycles. The van der Waals surface area contributed by atoms with Gasteiger partial charge < -0.3 is 10.1 Å². The van der Waals surface area contributed by atoms with Crippen LogP contribution in [0, 0.1) is 0 Å². The molecule has 25 heavy (non-hydrogen) atoms. The molecular formula is C19H23NO4S. The van der Waals surface area contributed by atoms with Crippen LogP contribution in [0.3, 0.4) is 0 Å². The van der Waals surface area contributed by atoms with E-state index < -0.39 is 9.84 Å². The van der Waals surface area contributed by atoms with Gasteiger partial charge in [0.1, 0.15) is 5.75 Å². The summed E-state index contributed by atoms with van der Waals surface area (Å²) in [7, 11) is -3.22. The number of carbonyl (C=O) groups excluding carboxylic acids is 1. The molecule has 1 amide bonds. The fraction of sp³-hybridized carbons (Fsp3) is 0.316. The lowest BCUT2D eigenvalue weighted by atomic mass is 10.1. The van der Waals surface area contributed by atoms with Gasteiger partial charge in [-0.2, -0.15) is 0 Å². The minimum absolute atomic E-state index is 0.0783. The second-order valence-corrected chi connectivity index (χ2v) is 8.24. The quantitative estimate of drug-likeness (QED) is 0.856. The molecule has 1 N–H and O–H groups in total. The summed E-state index contributed by atoms with van der Waals surface area (Å²) < 4.78 is 28.5. The maximum absolute atomic E-state index is 12.3. The van der Waals surface area contributed by atoms with Crippen LogP contribution in [0.25, 0.3) is 0 Å². The molecule has 2 aromatic rings. The van der Waals surface area contributed by atoms with Crippen molar-refractivity contribution in [3.05, 3.63) is 59.7 Å². The zero-order valence-corrected chi connectivity index (χ0v) is 15.6. The van der Waals surface area contributed by atoms with Crippen LogP contribution in [0.15, 0.2) is 53.4 Å². The number of hydrogen-bond donors (Lipinski definition) is 1. The highest BCUT2D eigenvalue weighted by molar-refractivity contribution is 7.90. The minimum Gasteiger partial charge on any atom is -0.491 e. The Bertz CT molecular complexity index is 825. The average Bonchev–Trinajstić information content (AvgIpc) is 2.54. The number of sulfone groups is 1. The number of hydrogen-bond acceptors (Lipinski definition) is 4. The van der Waals surface area contributed by atoms with Crippen molar-refractivity contribution in [1.82, 2.24) is 5.32 Å². The standard InChI is InChI=1S/C19H23NO4S/c1-13(2)24-17-9-5-16(6-10-17)19(21)20-14(3)15-7-11-18(12-8-15)25(4,22)23/h5-14H,1-4H3,(H,20,21). The molecule has 0 aliphatic heterocycles. The molecule has 0 radical (unpaired) electrons. The highest BCUT2D eigenvalue weighted by Gasteiger charge is 2.13. The minimum atomic E-state index is -3.22. The first-order valence-electron chi connectivity index (χ1n) is 8.04. The predicted octanol–water partition coefficient (Wildman–Crippen LogP) is 3.37. The fourth-order valence-electron chi connectivity index (χ4n) is 2.32. The van der Waals surface area contributed by atoms with Crippen LogP contribution in [-0.4, -0.2) is 26.7 Å². The number of benzene rings is 2. The predicted molar refractivity (Wildman–Crippen MR) is 97.6 cm³/mol. The smallest absolute Gasteiger partial charge is 0.251 e. The van der Waals surface area contributed by atoms with E-state index in [4.69, 9.17) is 4.74 Å². The normalized spacial score (nSPS) is 12.7. The van der Waals surface area contributed by atoms with E-state index in [2.05, 4.69) is 5.32 Å². The molecule has 134 valence electrons. The van der Waals surface area contributed by atoms with Gasteiger partial charge in [-0.25, -0.2) is 8.42 Å². The highest BCUT2D eigenvalue weighted by Crippen LogP contribution is 2.18. The van der Waals surface area contributed by atoms with Crippen LogP contribution in [0.5, 0.6) is 5.75 Å². The van der Waals surface area contributed by atoms with Gasteiger partial charge in [0, 0.05) is 11.8 Å². The van der Waals surface area contributed by atoms with E-state index >= 15 is 0 Å². The van der Waals surface area contributed by atoms with Crippen molar-refractivity contribution in [2.75, 3.05) is 6.26 Å². The summed E-state index contributed by atoms with van der Waals surface area (Å²) in [6.07, 6.45) is 1.24. The summed E-state index contributed by atoms with van der Waals surface area (Å²) in [5, 5.41) is 2.90. The molecule has 1 atom stereocenters. The van der Waals surface area contributed by atoms with Gasteiger partial charge in [-0.05, 0) is 62.7 Å². The molecule has 6 heteroatoms. The van der Waals surface area contributed by atoms with Crippen molar-refractivity contribution >= 4 is 15.7 Å². The van der Waals surface area contributed by atoms with E-state index in [-0.39, 0.29) is 22.9 Å². The van der Waals surface area contributed by atoms with E-state index in [1.165, 1.54) is 6.26 Å². The SMILES string of the molecule is CC(C)Oc1ccc(C(=O)NC(C)c2ccc(S(C)(=O)=O)cc2)cc1. The third-order valence-electron chi connectivity index (χ3n) is 3.64. The molecule has 0 bridgehead atoms. The third-order valence-corrected chi connectivity index (χ3v) is 4.77. The molecule has 0 heterocycles. The summed E-state index contributed by atoms with van der Waals surface area (Å²) in [5.41, 5.74) is 1.37. The first-order valence-corrected chi connectivity index (χ1v) is 9.93. The molecule has 0 aromatic heterocycles. The van der Waals surface area contributed by atoms with Crippen molar-refractivity contribution in [3.8, 4) is 5.75 Å². The molecule has 5 nitrogen and oxygen atoms in total. The van der Waals surface area contributed by atoms with Gasteiger partial charge >= 0.3 is 0 Å². The Morgan fingerprint density at radius 2 is 1.52 bits per heavy atom. The first kappa shape index (κ1) is 19.0. The van der Waals surface area contributed by atoms with E-state index in [0.29, 0.717) is 5.56 Å². The van der Waals surface area contributed by atoms with Gasteiger partial charge in [0.05, 0.1) is 17.0 Å². The fourth-order valence-corrected chi connectivity index (χ4v) is 2.95. The maximum atomic E-state index is 12.3. The molecule has 0 aliphatic rings. The molecule has 0 fully saturated rings. The lowest BCUT2D eigenvalue weighted by Gasteiger charge is -2.15. The van der Waals surface area contributed by atoms with Crippen LogP contribution in [0.2, 0.25) is 0 Å². The van der Waals surface area contributed by atoms with E-state index in [9.17, 15) is 13.2 Å². The van der Waals surface area contributed by atoms with E-state index in [1.54, 1.807) is 48.5 Å². The van der Waals surface area contributed by atoms with Gasteiger partial charge in [-0.1, -0.05) is 12.1 Å². The van der Waals surface area contributed by atoms with Crippen LogP contribution in [-0.2, 0) is 9.84 Å². The van der Waals surface area contributed by atoms with Gasteiger partial charge in [-0.15, -0.1) is 0 Å². The first-order chi connectivity index (χ1) is 11.7. The second kappa shape index (κ2) is 7.70. The zero-order chi connectivity index (χ0) is 18.6. The van der Waals surface area contributed by atoms with Gasteiger partial charge in [0.2, 0.25) is 0 Å².